The van der Waals surface area contributed by atoms with E-state index in [-0.39, 0.29) is 6.10 Å². The van der Waals surface area contributed by atoms with Crippen molar-refractivity contribution in [3.63, 3.8) is 0 Å². The van der Waals surface area contributed by atoms with Crippen molar-refractivity contribution in [2.24, 2.45) is 0 Å². The minimum atomic E-state index is -1.88. The first-order chi connectivity index (χ1) is 4.70. The van der Waals surface area contributed by atoms with Crippen LogP contribution in [0.1, 0.15) is 27.2 Å². The largest absolute Gasteiger partial charge is 0.697 e. The molecule has 0 fully saturated rings. The first-order valence-corrected chi connectivity index (χ1v) is 4.57. The Labute approximate surface area is 62.7 Å². The van der Waals surface area contributed by atoms with E-state index >= 15 is 0 Å². The normalized spacial score (nSPS) is 14.9. The van der Waals surface area contributed by atoms with Crippen molar-refractivity contribution in [3.8, 4) is 0 Å². The first-order valence-electron chi connectivity index (χ1n) is 3.47. The van der Waals surface area contributed by atoms with Gasteiger partial charge in [-0.1, -0.05) is 6.92 Å². The molecule has 0 heterocycles. The molecule has 2 unspecified atom stereocenters. The second kappa shape index (κ2) is 5.78. The highest BCUT2D eigenvalue weighted by molar-refractivity contribution is 7.33. The summed E-state index contributed by atoms with van der Waals surface area (Å²) in [4.78, 5) is 0. The van der Waals surface area contributed by atoms with Crippen LogP contribution in [0.3, 0.4) is 0 Å². The van der Waals surface area contributed by atoms with E-state index in [0.29, 0.717) is 6.61 Å². The second-order valence-corrected chi connectivity index (χ2v) is 2.88. The van der Waals surface area contributed by atoms with Gasteiger partial charge in [-0.2, -0.15) is 0 Å². The van der Waals surface area contributed by atoms with Crippen LogP contribution < -0.4 is 0 Å². The molecule has 0 aromatic rings. The number of rotatable bonds is 5. The lowest BCUT2D eigenvalue weighted by Crippen LogP contribution is -2.00. The van der Waals surface area contributed by atoms with Crippen LogP contribution in [0.2, 0.25) is 0 Å². The van der Waals surface area contributed by atoms with Crippen molar-refractivity contribution in [1.29, 1.82) is 0 Å². The minimum absolute atomic E-state index is 0.0233. The monoisotopic (exact) mass is 165 g/mol. The summed E-state index contributed by atoms with van der Waals surface area (Å²) in [6, 6.07) is 0. The van der Waals surface area contributed by atoms with Crippen molar-refractivity contribution in [1.82, 2.24) is 0 Å². The van der Waals surface area contributed by atoms with Gasteiger partial charge in [-0.3, -0.25) is 0 Å². The molecule has 60 valence electrons. The van der Waals surface area contributed by atoms with E-state index in [2.05, 4.69) is 0 Å². The molecule has 0 bridgehead atoms. The highest BCUT2D eigenvalue weighted by atomic mass is 31.1. The molecule has 0 saturated heterocycles. The van der Waals surface area contributed by atoms with Crippen LogP contribution in [0, 0.1) is 0 Å². The number of hydrogen-bond acceptors (Lipinski definition) is 3. The Morgan fingerprint density at radius 3 is 2.50 bits per heavy atom. The highest BCUT2D eigenvalue weighted by Crippen LogP contribution is 2.26. The predicted octanol–water partition coefficient (Wildman–Crippen LogP) is 2.50. The lowest BCUT2D eigenvalue weighted by atomic mass is 10.3. The fourth-order valence-corrected chi connectivity index (χ4v) is 1.07. The summed E-state index contributed by atoms with van der Waals surface area (Å²) >= 11 is 0. The van der Waals surface area contributed by atoms with Crippen LogP contribution in [0.15, 0.2) is 0 Å². The van der Waals surface area contributed by atoms with Crippen LogP contribution in [0.25, 0.3) is 0 Å². The Morgan fingerprint density at radius 2 is 2.10 bits per heavy atom. The average Bonchev–Trinajstić information content (AvgIpc) is 1.88. The van der Waals surface area contributed by atoms with Crippen molar-refractivity contribution in [2.75, 3.05) is 6.61 Å². The van der Waals surface area contributed by atoms with E-state index in [1.54, 1.807) is 6.92 Å². The molecule has 0 aliphatic rings. The van der Waals surface area contributed by atoms with Crippen molar-refractivity contribution >= 4 is 8.25 Å². The third-order valence-corrected chi connectivity index (χ3v) is 2.08. The molecule has 0 amide bonds. The minimum Gasteiger partial charge on any atom is -0.119 e. The van der Waals surface area contributed by atoms with E-state index in [9.17, 15) is 4.57 Å². The molecule has 2 atom stereocenters. The molecule has 0 aliphatic carbocycles. The van der Waals surface area contributed by atoms with Crippen LogP contribution in [0.4, 0.5) is 0 Å². The van der Waals surface area contributed by atoms with Crippen molar-refractivity contribution < 1.29 is 13.6 Å². The smallest absolute Gasteiger partial charge is 0.119 e. The zero-order valence-corrected chi connectivity index (χ0v) is 7.56. The fourth-order valence-electron chi connectivity index (χ4n) is 0.357. The first kappa shape index (κ1) is 10.0. The molecule has 4 heteroatoms. The third-order valence-electron chi connectivity index (χ3n) is 1.08. The zero-order chi connectivity index (χ0) is 7.98. The molecule has 0 aromatic carbocycles. The molecule has 0 saturated carbocycles. The van der Waals surface area contributed by atoms with Crippen molar-refractivity contribution in [2.45, 2.75) is 33.3 Å². The molecule has 3 nitrogen and oxygen atoms in total. The number of hydrogen-bond donors (Lipinski definition) is 0. The summed E-state index contributed by atoms with van der Waals surface area (Å²) in [6.07, 6.45) is 0.879. The topological polar surface area (TPSA) is 35.5 Å². The van der Waals surface area contributed by atoms with Gasteiger partial charge in [0.15, 0.2) is 0 Å². The molecular weight excluding hydrogens is 151 g/mol. The van der Waals surface area contributed by atoms with Crippen LogP contribution >= 0.6 is 8.25 Å². The lowest BCUT2D eigenvalue weighted by Gasteiger charge is -1.95. The van der Waals surface area contributed by atoms with Gasteiger partial charge in [0, 0.05) is 4.57 Å². The summed E-state index contributed by atoms with van der Waals surface area (Å²) in [5, 5.41) is 0. The van der Waals surface area contributed by atoms with Gasteiger partial charge in [-0.05, 0) is 20.3 Å². The molecule has 0 aromatic heterocycles. The van der Waals surface area contributed by atoms with Gasteiger partial charge in [0.25, 0.3) is 0 Å². The molecule has 0 spiro atoms. The van der Waals surface area contributed by atoms with Gasteiger partial charge in [0.1, 0.15) is 12.7 Å². The van der Waals surface area contributed by atoms with E-state index < -0.39 is 8.25 Å². The maximum Gasteiger partial charge on any atom is 0.697 e. The summed E-state index contributed by atoms with van der Waals surface area (Å²) in [7, 11) is -1.88. The standard InChI is InChI=1S/C6H14O3P/c1-4-6(3)9-10(7)8-5-2/h6H,4-5H2,1-3H3/q+1. The van der Waals surface area contributed by atoms with Crippen LogP contribution in [-0.2, 0) is 13.6 Å². The van der Waals surface area contributed by atoms with Crippen LogP contribution in [-0.4, -0.2) is 12.7 Å². The highest BCUT2D eigenvalue weighted by Gasteiger charge is 2.22. The lowest BCUT2D eigenvalue weighted by molar-refractivity contribution is 0.177. The molecular formula is C6H14O3P+. The average molecular weight is 165 g/mol. The molecule has 0 N–H and O–H groups in total. The predicted molar refractivity (Wildman–Crippen MR) is 40.1 cm³/mol. The summed E-state index contributed by atoms with van der Waals surface area (Å²) in [5.41, 5.74) is 0. The Morgan fingerprint density at radius 1 is 1.50 bits per heavy atom. The Hall–Kier alpha value is 0.0200. The molecule has 0 radical (unpaired) electrons. The summed E-state index contributed by atoms with van der Waals surface area (Å²) in [6.45, 7) is 6.06. The van der Waals surface area contributed by atoms with Gasteiger partial charge in [0.05, 0.1) is 0 Å². The summed E-state index contributed by atoms with van der Waals surface area (Å²) in [5.74, 6) is 0. The van der Waals surface area contributed by atoms with Gasteiger partial charge < -0.3 is 0 Å². The van der Waals surface area contributed by atoms with E-state index in [0.717, 1.165) is 6.42 Å². The zero-order valence-electron chi connectivity index (χ0n) is 6.66. The maximum absolute atomic E-state index is 10.7. The second-order valence-electron chi connectivity index (χ2n) is 1.97. The molecule has 0 aliphatic heterocycles. The van der Waals surface area contributed by atoms with Crippen molar-refractivity contribution in [3.05, 3.63) is 0 Å². The van der Waals surface area contributed by atoms with Gasteiger partial charge in [-0.25, -0.2) is 0 Å². The van der Waals surface area contributed by atoms with Crippen LogP contribution in [0.5, 0.6) is 0 Å². The summed E-state index contributed by atoms with van der Waals surface area (Å²) < 4.78 is 20.3. The van der Waals surface area contributed by atoms with Gasteiger partial charge in [0.2, 0.25) is 0 Å². The quantitative estimate of drug-likeness (QED) is 0.587. The van der Waals surface area contributed by atoms with E-state index in [1.807, 2.05) is 13.8 Å². The van der Waals surface area contributed by atoms with Gasteiger partial charge in [-0.15, -0.1) is 9.05 Å². The Balaban J connectivity index is 3.37. The maximum atomic E-state index is 10.7. The SMILES string of the molecule is CCO[P+](=O)OC(C)CC. The third kappa shape index (κ3) is 4.86. The van der Waals surface area contributed by atoms with Gasteiger partial charge >= 0.3 is 8.25 Å². The fraction of sp³-hybridized carbons (Fsp3) is 1.00. The Kier molecular flexibility index (Phi) is 5.79. The van der Waals surface area contributed by atoms with E-state index in [4.69, 9.17) is 9.05 Å². The van der Waals surface area contributed by atoms with E-state index in [1.165, 1.54) is 0 Å². The molecule has 0 rings (SSSR count). The Bertz CT molecular complexity index is 105. The molecule has 10 heavy (non-hydrogen) atoms.